The minimum absolute atomic E-state index is 0.110. The quantitative estimate of drug-likeness (QED) is 0.624. The molecule has 2 aromatic carbocycles. The molecule has 0 radical (unpaired) electrons. The molecular formula is C27H32N2O5. The zero-order chi connectivity index (χ0) is 24.1. The lowest BCUT2D eigenvalue weighted by atomic mass is 9.95. The van der Waals surface area contributed by atoms with E-state index in [1.165, 1.54) is 0 Å². The van der Waals surface area contributed by atoms with Crippen molar-refractivity contribution in [2.75, 3.05) is 26.2 Å². The van der Waals surface area contributed by atoms with E-state index in [1.807, 2.05) is 50.2 Å². The smallest absolute Gasteiger partial charge is 0.409 e. The molecule has 4 rings (SSSR count). The van der Waals surface area contributed by atoms with E-state index in [4.69, 9.17) is 14.2 Å². The SMILES string of the molecule is C=C(C)CNC(=O)c1ccc(-c2ccc3c(c2)COC(C2CCN(C(=O)OCC)CC2)O3)cc1. The number of benzene rings is 2. The average molecular weight is 465 g/mol. The summed E-state index contributed by atoms with van der Waals surface area (Å²) in [7, 11) is 0. The molecule has 7 nitrogen and oxygen atoms in total. The fourth-order valence-electron chi connectivity index (χ4n) is 4.27. The Morgan fingerprint density at radius 2 is 1.82 bits per heavy atom. The van der Waals surface area contributed by atoms with Gasteiger partial charge in [0, 0.05) is 36.7 Å². The lowest BCUT2D eigenvalue weighted by molar-refractivity contribution is -0.148. The van der Waals surface area contributed by atoms with Gasteiger partial charge in [-0.3, -0.25) is 4.79 Å². The zero-order valence-corrected chi connectivity index (χ0v) is 19.8. The van der Waals surface area contributed by atoms with Crippen molar-refractivity contribution in [3.8, 4) is 16.9 Å². The Labute approximate surface area is 200 Å². The maximum atomic E-state index is 12.2. The molecule has 0 saturated carbocycles. The van der Waals surface area contributed by atoms with Gasteiger partial charge in [-0.2, -0.15) is 0 Å². The Morgan fingerprint density at radius 3 is 2.50 bits per heavy atom. The Bertz CT molecular complexity index is 1040. The molecule has 0 aliphatic carbocycles. The first-order chi connectivity index (χ1) is 16.4. The van der Waals surface area contributed by atoms with Crippen molar-refractivity contribution < 1.29 is 23.8 Å². The molecule has 1 fully saturated rings. The lowest BCUT2D eigenvalue weighted by Gasteiger charge is -2.37. The van der Waals surface area contributed by atoms with Crippen LogP contribution in [-0.4, -0.2) is 49.4 Å². The summed E-state index contributed by atoms with van der Waals surface area (Å²) < 4.78 is 17.3. The minimum Gasteiger partial charge on any atom is -0.464 e. The predicted octanol–water partition coefficient (Wildman–Crippen LogP) is 4.76. The van der Waals surface area contributed by atoms with E-state index in [-0.39, 0.29) is 24.2 Å². The number of ether oxygens (including phenoxy) is 3. The van der Waals surface area contributed by atoms with Crippen LogP contribution in [0.15, 0.2) is 54.6 Å². The molecule has 0 aromatic heterocycles. The Kier molecular flexibility index (Phi) is 7.53. The highest BCUT2D eigenvalue weighted by Gasteiger charge is 2.33. The Morgan fingerprint density at radius 1 is 1.12 bits per heavy atom. The van der Waals surface area contributed by atoms with Crippen molar-refractivity contribution >= 4 is 12.0 Å². The third kappa shape index (κ3) is 5.59. The molecule has 1 N–H and O–H groups in total. The van der Waals surface area contributed by atoms with Crippen LogP contribution >= 0.6 is 0 Å². The maximum absolute atomic E-state index is 12.2. The number of likely N-dealkylation sites (tertiary alicyclic amines) is 1. The van der Waals surface area contributed by atoms with E-state index >= 15 is 0 Å². The third-order valence-corrected chi connectivity index (χ3v) is 6.19. The van der Waals surface area contributed by atoms with Crippen LogP contribution in [0.25, 0.3) is 11.1 Å². The molecule has 2 heterocycles. The van der Waals surface area contributed by atoms with Crippen LogP contribution < -0.4 is 10.1 Å². The zero-order valence-electron chi connectivity index (χ0n) is 19.8. The van der Waals surface area contributed by atoms with E-state index in [2.05, 4.69) is 18.0 Å². The number of carbonyl (C=O) groups is 2. The first kappa shape index (κ1) is 23.8. The summed E-state index contributed by atoms with van der Waals surface area (Å²) in [6.07, 6.45) is 1.09. The molecule has 2 aliphatic heterocycles. The largest absolute Gasteiger partial charge is 0.464 e. The second-order valence-electron chi connectivity index (χ2n) is 8.86. The molecular weight excluding hydrogens is 432 g/mol. The molecule has 7 heteroatoms. The van der Waals surface area contributed by atoms with Crippen LogP contribution in [0, 0.1) is 5.92 Å². The first-order valence-electron chi connectivity index (χ1n) is 11.8. The van der Waals surface area contributed by atoms with Crippen LogP contribution in [0.3, 0.4) is 0 Å². The van der Waals surface area contributed by atoms with Gasteiger partial charge in [0.1, 0.15) is 5.75 Å². The van der Waals surface area contributed by atoms with Crippen LogP contribution in [0.2, 0.25) is 0 Å². The fraction of sp³-hybridized carbons (Fsp3) is 0.407. The van der Waals surface area contributed by atoms with E-state index in [0.717, 1.165) is 40.9 Å². The van der Waals surface area contributed by atoms with Gasteiger partial charge in [0.05, 0.1) is 13.2 Å². The molecule has 2 amide bonds. The van der Waals surface area contributed by atoms with Gasteiger partial charge < -0.3 is 24.4 Å². The normalized spacial score (nSPS) is 17.9. The van der Waals surface area contributed by atoms with E-state index in [9.17, 15) is 9.59 Å². The molecule has 0 spiro atoms. The van der Waals surface area contributed by atoms with Crippen LogP contribution in [0.5, 0.6) is 5.75 Å². The first-order valence-corrected chi connectivity index (χ1v) is 11.8. The highest BCUT2D eigenvalue weighted by atomic mass is 16.7. The molecule has 1 saturated heterocycles. The van der Waals surface area contributed by atoms with Gasteiger partial charge in [0.25, 0.3) is 5.91 Å². The molecule has 2 aliphatic rings. The Balaban J connectivity index is 1.36. The summed E-state index contributed by atoms with van der Waals surface area (Å²) in [5.74, 6) is 0.964. The molecule has 0 bridgehead atoms. The van der Waals surface area contributed by atoms with Gasteiger partial charge in [-0.25, -0.2) is 4.79 Å². The molecule has 180 valence electrons. The van der Waals surface area contributed by atoms with E-state index in [1.54, 1.807) is 4.90 Å². The Hall–Kier alpha value is -3.32. The van der Waals surface area contributed by atoms with E-state index < -0.39 is 0 Å². The van der Waals surface area contributed by atoms with Gasteiger partial charge in [-0.05, 0) is 62.1 Å². The van der Waals surface area contributed by atoms with Crippen molar-refractivity contribution in [2.24, 2.45) is 5.92 Å². The summed E-state index contributed by atoms with van der Waals surface area (Å²) in [5, 5.41) is 2.85. The lowest BCUT2D eigenvalue weighted by Crippen LogP contribution is -2.44. The number of hydrogen-bond donors (Lipinski definition) is 1. The number of hydrogen-bond acceptors (Lipinski definition) is 5. The standard InChI is InChI=1S/C27H32N2O5/c1-4-32-27(31)29-13-11-21(12-14-29)26-33-17-23-15-22(9-10-24(23)34-26)19-5-7-20(8-6-19)25(30)28-16-18(2)3/h5-10,15,21,26H,2,4,11-14,16-17H2,1,3H3,(H,28,30). The predicted molar refractivity (Wildman–Crippen MR) is 130 cm³/mol. The monoisotopic (exact) mass is 464 g/mol. The summed E-state index contributed by atoms with van der Waals surface area (Å²) in [6, 6.07) is 13.6. The second kappa shape index (κ2) is 10.7. The number of rotatable bonds is 6. The van der Waals surface area contributed by atoms with E-state index in [0.29, 0.717) is 38.4 Å². The molecule has 2 aromatic rings. The third-order valence-electron chi connectivity index (χ3n) is 6.19. The average Bonchev–Trinajstić information content (AvgIpc) is 2.87. The van der Waals surface area contributed by atoms with Crippen LogP contribution in [0.1, 0.15) is 42.6 Å². The fourth-order valence-corrected chi connectivity index (χ4v) is 4.27. The number of piperidine rings is 1. The van der Waals surface area contributed by atoms with Gasteiger partial charge in [0.15, 0.2) is 0 Å². The molecule has 34 heavy (non-hydrogen) atoms. The molecule has 1 unspecified atom stereocenters. The summed E-state index contributed by atoms with van der Waals surface area (Å²) in [5.41, 5.74) is 4.59. The summed E-state index contributed by atoms with van der Waals surface area (Å²) in [6.45, 7) is 10.1. The number of amides is 2. The maximum Gasteiger partial charge on any atom is 0.409 e. The summed E-state index contributed by atoms with van der Waals surface area (Å²) in [4.78, 5) is 25.9. The van der Waals surface area contributed by atoms with Crippen molar-refractivity contribution in [1.29, 1.82) is 0 Å². The van der Waals surface area contributed by atoms with Crippen molar-refractivity contribution in [1.82, 2.24) is 10.2 Å². The van der Waals surface area contributed by atoms with Gasteiger partial charge >= 0.3 is 6.09 Å². The highest BCUT2D eigenvalue weighted by molar-refractivity contribution is 5.94. The number of carbonyl (C=O) groups excluding carboxylic acids is 2. The van der Waals surface area contributed by atoms with Crippen molar-refractivity contribution in [3.05, 3.63) is 65.7 Å². The summed E-state index contributed by atoms with van der Waals surface area (Å²) >= 11 is 0. The highest BCUT2D eigenvalue weighted by Crippen LogP contribution is 2.35. The number of nitrogens with zero attached hydrogens (tertiary/aromatic N) is 1. The van der Waals surface area contributed by atoms with Gasteiger partial charge in [0.2, 0.25) is 6.29 Å². The minimum atomic E-state index is -0.306. The number of fused-ring (bicyclic) bond motifs is 1. The topological polar surface area (TPSA) is 77.1 Å². The molecule has 1 atom stereocenters. The second-order valence-corrected chi connectivity index (χ2v) is 8.86. The van der Waals surface area contributed by atoms with Gasteiger partial charge in [-0.15, -0.1) is 0 Å². The number of nitrogens with one attached hydrogen (secondary N) is 1. The van der Waals surface area contributed by atoms with Crippen molar-refractivity contribution in [3.63, 3.8) is 0 Å². The van der Waals surface area contributed by atoms with Crippen LogP contribution in [-0.2, 0) is 16.1 Å². The van der Waals surface area contributed by atoms with Crippen molar-refractivity contribution in [2.45, 2.75) is 39.6 Å². The van der Waals surface area contributed by atoms with Gasteiger partial charge in [-0.1, -0.05) is 30.4 Å². The van der Waals surface area contributed by atoms with Crippen LogP contribution in [0.4, 0.5) is 4.79 Å².